The van der Waals surface area contributed by atoms with Crippen LogP contribution in [-0.2, 0) is 4.79 Å². The monoisotopic (exact) mass is 332 g/mol. The lowest BCUT2D eigenvalue weighted by molar-refractivity contribution is -0.130. The Morgan fingerprint density at radius 3 is 2.75 bits per heavy atom. The third-order valence-corrected chi connectivity index (χ3v) is 5.29. The minimum absolute atomic E-state index is 0.165. The highest BCUT2D eigenvalue weighted by molar-refractivity contribution is 5.73. The van der Waals surface area contributed by atoms with E-state index >= 15 is 0 Å². The molecule has 2 saturated heterocycles. The van der Waals surface area contributed by atoms with Crippen LogP contribution < -0.4 is 4.74 Å². The summed E-state index contributed by atoms with van der Waals surface area (Å²) in [6, 6.07) is 8.40. The average Bonchev–Trinajstić information content (AvgIpc) is 2.96. The van der Waals surface area contributed by atoms with E-state index in [1.165, 1.54) is 0 Å². The third kappa shape index (κ3) is 4.08. The van der Waals surface area contributed by atoms with E-state index in [9.17, 15) is 9.90 Å². The van der Waals surface area contributed by atoms with Crippen molar-refractivity contribution >= 4 is 5.91 Å². The minimum atomic E-state index is -0.776. The summed E-state index contributed by atoms with van der Waals surface area (Å²) in [4.78, 5) is 15.7. The van der Waals surface area contributed by atoms with E-state index in [-0.39, 0.29) is 5.91 Å². The number of amides is 1. The number of hydrogen-bond donors (Lipinski definition) is 1. The summed E-state index contributed by atoms with van der Waals surface area (Å²) >= 11 is 0. The second-order valence-corrected chi connectivity index (χ2v) is 7.29. The number of β-amino-alcohol motifs (C(OH)–C–C–N with tert-alkyl or cyclic N) is 1. The Labute approximate surface area is 144 Å². The van der Waals surface area contributed by atoms with Gasteiger partial charge in [0.15, 0.2) is 0 Å². The van der Waals surface area contributed by atoms with E-state index in [0.29, 0.717) is 19.2 Å². The summed E-state index contributed by atoms with van der Waals surface area (Å²) in [5.74, 6) is 0.981. The number of nitrogens with zero attached hydrogens (tertiary/aromatic N) is 2. The topological polar surface area (TPSA) is 53.0 Å². The van der Waals surface area contributed by atoms with Crippen LogP contribution in [0, 0.1) is 6.92 Å². The lowest BCUT2D eigenvalue weighted by Gasteiger charge is -2.36. The van der Waals surface area contributed by atoms with Crippen LogP contribution in [0.4, 0.5) is 0 Å². The highest BCUT2D eigenvalue weighted by atomic mass is 16.5. The van der Waals surface area contributed by atoms with Crippen molar-refractivity contribution in [2.45, 2.75) is 44.8 Å². The second-order valence-electron chi connectivity index (χ2n) is 7.29. The SMILES string of the molecule is CC(=O)N1CCC(N2CC[C@](O)(COc3cccc(C)c3)C2)CC1. The largest absolute Gasteiger partial charge is 0.491 e. The van der Waals surface area contributed by atoms with Gasteiger partial charge in [0.2, 0.25) is 5.91 Å². The summed E-state index contributed by atoms with van der Waals surface area (Å²) in [5.41, 5.74) is 0.381. The molecule has 0 unspecified atom stereocenters. The molecule has 2 fully saturated rings. The number of carbonyl (C=O) groups is 1. The smallest absolute Gasteiger partial charge is 0.219 e. The van der Waals surface area contributed by atoms with Gasteiger partial charge in [-0.1, -0.05) is 12.1 Å². The van der Waals surface area contributed by atoms with Crippen molar-refractivity contribution in [3.8, 4) is 5.75 Å². The van der Waals surface area contributed by atoms with Crippen LogP contribution in [0.3, 0.4) is 0 Å². The molecule has 2 heterocycles. The molecular weight excluding hydrogens is 304 g/mol. The maximum absolute atomic E-state index is 11.4. The Balaban J connectivity index is 1.50. The molecule has 0 bridgehead atoms. The van der Waals surface area contributed by atoms with Crippen molar-refractivity contribution in [3.05, 3.63) is 29.8 Å². The highest BCUT2D eigenvalue weighted by Crippen LogP contribution is 2.28. The number of hydrogen-bond acceptors (Lipinski definition) is 4. The molecule has 2 aliphatic heterocycles. The molecule has 2 aliphatic rings. The van der Waals surface area contributed by atoms with E-state index < -0.39 is 5.60 Å². The quantitative estimate of drug-likeness (QED) is 0.914. The average molecular weight is 332 g/mol. The van der Waals surface area contributed by atoms with Crippen LogP contribution in [0.5, 0.6) is 5.75 Å². The molecule has 1 aromatic carbocycles. The van der Waals surface area contributed by atoms with Crippen molar-refractivity contribution in [1.82, 2.24) is 9.80 Å². The Bertz CT molecular complexity index is 584. The Morgan fingerprint density at radius 1 is 1.33 bits per heavy atom. The number of aliphatic hydroxyl groups is 1. The summed E-state index contributed by atoms with van der Waals surface area (Å²) in [6.45, 7) is 7.22. The molecule has 0 radical (unpaired) electrons. The van der Waals surface area contributed by atoms with Gasteiger partial charge < -0.3 is 14.7 Å². The predicted molar refractivity (Wildman–Crippen MR) is 93.1 cm³/mol. The van der Waals surface area contributed by atoms with Gasteiger partial charge in [0.25, 0.3) is 0 Å². The maximum Gasteiger partial charge on any atom is 0.219 e. The van der Waals surface area contributed by atoms with Crippen molar-refractivity contribution in [2.24, 2.45) is 0 Å². The standard InChI is InChI=1S/C19H28N2O3/c1-15-4-3-5-18(12-15)24-14-19(23)8-11-21(13-19)17-6-9-20(10-7-17)16(2)22/h3-5,12,17,23H,6-11,13-14H2,1-2H3/t19-/m1/s1. The number of piperidine rings is 1. The summed E-state index contributed by atoms with van der Waals surface area (Å²) < 4.78 is 5.83. The molecule has 3 rings (SSSR count). The molecule has 0 aliphatic carbocycles. The van der Waals surface area contributed by atoms with Crippen molar-refractivity contribution < 1.29 is 14.6 Å². The zero-order valence-electron chi connectivity index (χ0n) is 14.7. The van der Waals surface area contributed by atoms with Gasteiger partial charge >= 0.3 is 0 Å². The van der Waals surface area contributed by atoms with E-state index in [0.717, 1.165) is 50.2 Å². The molecule has 1 amide bonds. The van der Waals surface area contributed by atoms with Crippen molar-refractivity contribution in [1.29, 1.82) is 0 Å². The van der Waals surface area contributed by atoms with Crippen LogP contribution in [0.1, 0.15) is 31.7 Å². The first-order valence-corrected chi connectivity index (χ1v) is 8.87. The second kappa shape index (κ2) is 7.11. The first-order chi connectivity index (χ1) is 11.5. The van der Waals surface area contributed by atoms with Crippen molar-refractivity contribution in [2.75, 3.05) is 32.8 Å². The Morgan fingerprint density at radius 2 is 2.08 bits per heavy atom. The third-order valence-electron chi connectivity index (χ3n) is 5.29. The minimum Gasteiger partial charge on any atom is -0.491 e. The molecule has 1 aromatic rings. The van der Waals surface area contributed by atoms with Gasteiger partial charge in [0, 0.05) is 39.1 Å². The molecule has 24 heavy (non-hydrogen) atoms. The number of rotatable bonds is 4. The van der Waals surface area contributed by atoms with Crippen LogP contribution in [0.25, 0.3) is 0 Å². The van der Waals surface area contributed by atoms with Gasteiger partial charge in [0.1, 0.15) is 18.0 Å². The first-order valence-electron chi connectivity index (χ1n) is 8.87. The number of benzene rings is 1. The van der Waals surface area contributed by atoms with Crippen LogP contribution >= 0.6 is 0 Å². The van der Waals surface area contributed by atoms with Gasteiger partial charge in [-0.15, -0.1) is 0 Å². The lowest BCUT2D eigenvalue weighted by atomic mass is 10.0. The molecule has 132 valence electrons. The molecule has 0 aromatic heterocycles. The molecule has 0 saturated carbocycles. The molecule has 1 N–H and O–H groups in total. The van der Waals surface area contributed by atoms with Crippen LogP contribution in [0.2, 0.25) is 0 Å². The molecular formula is C19H28N2O3. The molecule has 5 heteroatoms. The van der Waals surface area contributed by atoms with Gasteiger partial charge in [-0.2, -0.15) is 0 Å². The van der Waals surface area contributed by atoms with Gasteiger partial charge in [-0.05, 0) is 43.9 Å². The van der Waals surface area contributed by atoms with E-state index in [1.54, 1.807) is 6.92 Å². The Hall–Kier alpha value is -1.59. The summed E-state index contributed by atoms with van der Waals surface area (Å²) in [7, 11) is 0. The van der Waals surface area contributed by atoms with Crippen LogP contribution in [0.15, 0.2) is 24.3 Å². The fourth-order valence-corrected chi connectivity index (χ4v) is 3.79. The van der Waals surface area contributed by atoms with Crippen molar-refractivity contribution in [3.63, 3.8) is 0 Å². The van der Waals surface area contributed by atoms with E-state index in [1.807, 2.05) is 36.1 Å². The summed E-state index contributed by atoms with van der Waals surface area (Å²) in [5, 5.41) is 10.8. The van der Waals surface area contributed by atoms with Gasteiger partial charge in [0.05, 0.1) is 0 Å². The normalized spacial score (nSPS) is 25.9. The lowest BCUT2D eigenvalue weighted by Crippen LogP contribution is -2.47. The fraction of sp³-hybridized carbons (Fsp3) is 0.632. The predicted octanol–water partition coefficient (Wildman–Crippen LogP) is 1.82. The number of ether oxygens (including phenoxy) is 1. The fourth-order valence-electron chi connectivity index (χ4n) is 3.79. The number of carbonyl (C=O) groups excluding carboxylic acids is 1. The van der Waals surface area contributed by atoms with E-state index in [4.69, 9.17) is 4.74 Å². The first kappa shape index (κ1) is 17.2. The molecule has 1 atom stereocenters. The number of likely N-dealkylation sites (tertiary alicyclic amines) is 2. The van der Waals surface area contributed by atoms with E-state index in [2.05, 4.69) is 4.90 Å². The Kier molecular flexibility index (Phi) is 5.11. The number of aryl methyl sites for hydroxylation is 1. The molecule has 5 nitrogen and oxygen atoms in total. The summed E-state index contributed by atoms with van der Waals surface area (Å²) in [6.07, 6.45) is 2.73. The van der Waals surface area contributed by atoms with Gasteiger partial charge in [-0.3, -0.25) is 9.69 Å². The zero-order valence-corrected chi connectivity index (χ0v) is 14.7. The van der Waals surface area contributed by atoms with Crippen LogP contribution in [-0.4, -0.2) is 65.2 Å². The maximum atomic E-state index is 11.4. The highest BCUT2D eigenvalue weighted by Gasteiger charge is 2.40. The van der Waals surface area contributed by atoms with Gasteiger partial charge in [-0.25, -0.2) is 0 Å². The molecule has 0 spiro atoms. The zero-order chi connectivity index (χ0) is 17.2.